The molecule has 2 N–H and O–H groups in total. The summed E-state index contributed by atoms with van der Waals surface area (Å²) in [5.74, 6) is 1.20. The Morgan fingerprint density at radius 2 is 2.13 bits per heavy atom. The molecule has 3 aromatic heterocycles. The van der Waals surface area contributed by atoms with Crippen LogP contribution in [0.4, 0.5) is 0 Å². The Bertz CT molecular complexity index is 1310. The predicted octanol–water partition coefficient (Wildman–Crippen LogP) is 3.20. The number of thiophene rings is 1. The molecule has 1 fully saturated rings. The molecule has 1 aliphatic heterocycles. The van der Waals surface area contributed by atoms with E-state index in [-0.39, 0.29) is 11.7 Å². The van der Waals surface area contributed by atoms with Crippen molar-refractivity contribution in [2.45, 2.75) is 31.2 Å². The number of guanidine groups is 1. The Morgan fingerprint density at radius 1 is 1.35 bits per heavy atom. The minimum atomic E-state index is -3.59. The topological polar surface area (TPSA) is 128 Å². The van der Waals surface area contributed by atoms with Gasteiger partial charge in [-0.15, -0.1) is 11.3 Å². The number of halogens is 1. The molecule has 12 heteroatoms. The molecule has 0 aromatic carbocycles. The van der Waals surface area contributed by atoms with Gasteiger partial charge in [0, 0.05) is 24.0 Å². The highest BCUT2D eigenvalue weighted by atomic mass is 35.5. The number of rotatable bonds is 4. The zero-order valence-corrected chi connectivity index (χ0v) is 19.1. The minimum Gasteiger partial charge on any atom is -0.369 e. The molecule has 162 valence electrons. The first-order valence-electron chi connectivity index (χ1n) is 9.58. The molecule has 9 nitrogen and oxygen atoms in total. The zero-order valence-electron chi connectivity index (χ0n) is 16.7. The maximum absolute atomic E-state index is 12.5. The highest BCUT2D eigenvalue weighted by molar-refractivity contribution is 7.89. The lowest BCUT2D eigenvalue weighted by atomic mass is 10.0. The van der Waals surface area contributed by atoms with E-state index in [9.17, 15) is 8.42 Å². The van der Waals surface area contributed by atoms with E-state index in [1.165, 1.54) is 18.4 Å². The summed E-state index contributed by atoms with van der Waals surface area (Å²) in [6, 6.07) is 5.49. The molecule has 1 aliphatic carbocycles. The molecule has 0 radical (unpaired) electrons. The van der Waals surface area contributed by atoms with Crippen LogP contribution in [0.3, 0.4) is 0 Å². The second-order valence-electron chi connectivity index (χ2n) is 7.92. The average Bonchev–Trinajstić information content (AvgIpc) is 3.30. The van der Waals surface area contributed by atoms with Crippen molar-refractivity contribution < 1.29 is 12.9 Å². The fourth-order valence-electron chi connectivity index (χ4n) is 3.49. The minimum absolute atomic E-state index is 0.0613. The summed E-state index contributed by atoms with van der Waals surface area (Å²) < 4.78 is 31.4. The van der Waals surface area contributed by atoms with Gasteiger partial charge < -0.3 is 10.3 Å². The van der Waals surface area contributed by atoms with Crippen molar-refractivity contribution in [2.24, 2.45) is 10.7 Å². The number of nitrogens with two attached hydrogens (primary N) is 1. The van der Waals surface area contributed by atoms with Crippen molar-refractivity contribution in [1.29, 1.82) is 0 Å². The van der Waals surface area contributed by atoms with E-state index >= 15 is 0 Å². The Morgan fingerprint density at radius 3 is 2.84 bits per heavy atom. The van der Waals surface area contributed by atoms with Gasteiger partial charge in [-0.1, -0.05) is 16.8 Å². The third-order valence-electron chi connectivity index (χ3n) is 5.39. The first-order chi connectivity index (χ1) is 14.7. The van der Waals surface area contributed by atoms with Gasteiger partial charge in [-0.25, -0.2) is 17.7 Å². The van der Waals surface area contributed by atoms with E-state index in [0.29, 0.717) is 27.4 Å². The molecule has 0 saturated heterocycles. The molecule has 4 heterocycles. The van der Waals surface area contributed by atoms with Gasteiger partial charge in [0.25, 0.3) is 5.89 Å². The zero-order chi connectivity index (χ0) is 22.0. The smallest absolute Gasteiger partial charge is 0.276 e. The number of hydrogen-bond donors (Lipinski definition) is 1. The van der Waals surface area contributed by atoms with Gasteiger partial charge in [0.2, 0.25) is 16.0 Å². The molecule has 0 spiro atoms. The predicted molar refractivity (Wildman–Crippen MR) is 118 cm³/mol. The Balaban J connectivity index is 1.51. The summed E-state index contributed by atoms with van der Waals surface area (Å²) in [7, 11) is -2.20. The van der Waals surface area contributed by atoms with Crippen LogP contribution in [0.15, 0.2) is 33.9 Å². The van der Waals surface area contributed by atoms with Crippen LogP contribution < -0.4 is 5.73 Å². The number of nitrogens with zero attached hydrogens (tertiary/aromatic N) is 5. The van der Waals surface area contributed by atoms with Crippen molar-refractivity contribution in [3.63, 3.8) is 0 Å². The lowest BCUT2D eigenvalue weighted by Crippen LogP contribution is -2.50. The van der Waals surface area contributed by atoms with Crippen LogP contribution in [0.2, 0.25) is 5.02 Å². The maximum atomic E-state index is 12.5. The van der Waals surface area contributed by atoms with Gasteiger partial charge >= 0.3 is 0 Å². The van der Waals surface area contributed by atoms with Gasteiger partial charge in [0.05, 0.1) is 15.7 Å². The fraction of sp³-hybridized carbons (Fsp3) is 0.368. The van der Waals surface area contributed by atoms with E-state index in [4.69, 9.17) is 21.9 Å². The molecule has 1 atom stereocenters. The number of aliphatic imine (C=N–C) groups is 1. The summed E-state index contributed by atoms with van der Waals surface area (Å²) in [6.07, 6.45) is 3.83. The van der Waals surface area contributed by atoms with Gasteiger partial charge in [0.1, 0.15) is 11.2 Å². The third kappa shape index (κ3) is 3.60. The molecule has 1 unspecified atom stereocenters. The molecule has 1 saturated carbocycles. The standard InChI is InChI=1S/C19H19ClN6O3S2/c1-19(9-31(27,28)26(2)18(21)24-19)15-12(20)8-14(30-15)11-5-6-22-13(7-11)17-23-16(25-29-17)10-3-4-10/h5-8,10H,3-4,9H2,1-2H3,(H2,21,24). The molecule has 5 rings (SSSR count). The van der Waals surface area contributed by atoms with Crippen molar-refractivity contribution in [3.8, 4) is 22.0 Å². The largest absolute Gasteiger partial charge is 0.369 e. The van der Waals surface area contributed by atoms with Gasteiger partial charge in [0.15, 0.2) is 5.82 Å². The summed E-state index contributed by atoms with van der Waals surface area (Å²) in [5, 5.41) is 4.48. The third-order valence-corrected chi connectivity index (χ3v) is 9.18. The van der Waals surface area contributed by atoms with E-state index in [2.05, 4.69) is 20.1 Å². The SMILES string of the molecule is CN1C(N)=NC(C)(c2sc(-c3ccnc(-c4nc(C5CC5)no4)c3)cc2Cl)CS1(=O)=O. The monoisotopic (exact) mass is 478 g/mol. The second kappa shape index (κ2) is 7.01. The van der Waals surface area contributed by atoms with Crippen LogP contribution in [-0.2, 0) is 15.6 Å². The van der Waals surface area contributed by atoms with E-state index in [0.717, 1.165) is 33.4 Å². The average molecular weight is 479 g/mol. The molecule has 0 bridgehead atoms. The summed E-state index contributed by atoms with van der Waals surface area (Å²) in [6.45, 7) is 1.72. The van der Waals surface area contributed by atoms with E-state index in [1.54, 1.807) is 19.2 Å². The van der Waals surface area contributed by atoms with Crippen LogP contribution in [0.25, 0.3) is 22.0 Å². The first-order valence-corrected chi connectivity index (χ1v) is 12.4. The summed E-state index contributed by atoms with van der Waals surface area (Å²) >= 11 is 7.91. The molecule has 31 heavy (non-hydrogen) atoms. The number of hydrogen-bond acceptors (Lipinski definition) is 9. The Hall–Kier alpha value is -2.50. The highest BCUT2D eigenvalue weighted by Gasteiger charge is 2.42. The van der Waals surface area contributed by atoms with Crippen LogP contribution in [0, 0.1) is 0 Å². The van der Waals surface area contributed by atoms with Gasteiger partial charge in [-0.05, 0) is 43.5 Å². The van der Waals surface area contributed by atoms with Crippen LogP contribution >= 0.6 is 22.9 Å². The number of aromatic nitrogens is 3. The Kier molecular flexibility index (Phi) is 4.61. The lowest BCUT2D eigenvalue weighted by Gasteiger charge is -2.33. The molecule has 0 amide bonds. The second-order valence-corrected chi connectivity index (χ2v) is 11.4. The summed E-state index contributed by atoms with van der Waals surface area (Å²) in [5.41, 5.74) is 6.22. The van der Waals surface area contributed by atoms with E-state index in [1.807, 2.05) is 12.1 Å². The fourth-order valence-corrected chi connectivity index (χ4v) is 6.65. The lowest BCUT2D eigenvalue weighted by molar-refractivity contribution is 0.421. The number of sulfonamides is 1. The van der Waals surface area contributed by atoms with Gasteiger partial charge in [-0.2, -0.15) is 4.98 Å². The Labute approximate surface area is 188 Å². The van der Waals surface area contributed by atoms with Crippen LogP contribution in [0.5, 0.6) is 0 Å². The molecule has 2 aliphatic rings. The normalized spacial score (nSPS) is 23.1. The molecular weight excluding hydrogens is 460 g/mol. The van der Waals surface area contributed by atoms with Gasteiger partial charge in [-0.3, -0.25) is 4.98 Å². The van der Waals surface area contributed by atoms with Crippen molar-refractivity contribution in [2.75, 3.05) is 12.8 Å². The van der Waals surface area contributed by atoms with Crippen LogP contribution in [0.1, 0.15) is 36.4 Å². The maximum Gasteiger partial charge on any atom is 0.276 e. The van der Waals surface area contributed by atoms with Crippen LogP contribution in [-0.4, -0.2) is 46.6 Å². The van der Waals surface area contributed by atoms with E-state index < -0.39 is 15.6 Å². The number of pyridine rings is 1. The molecular formula is C19H19ClN6O3S2. The van der Waals surface area contributed by atoms with Crippen molar-refractivity contribution in [3.05, 3.63) is 40.1 Å². The highest BCUT2D eigenvalue weighted by Crippen LogP contribution is 2.44. The quantitative estimate of drug-likeness (QED) is 0.609. The van der Waals surface area contributed by atoms with Crippen molar-refractivity contribution >= 4 is 38.9 Å². The summed E-state index contributed by atoms with van der Waals surface area (Å²) in [4.78, 5) is 14.7. The molecule has 3 aromatic rings. The first kappa shape index (κ1) is 20.4. The van der Waals surface area contributed by atoms with Crippen molar-refractivity contribution in [1.82, 2.24) is 19.4 Å².